The van der Waals surface area contributed by atoms with E-state index in [4.69, 9.17) is 14.0 Å². The average molecular weight is 375 g/mol. The summed E-state index contributed by atoms with van der Waals surface area (Å²) in [7, 11) is -0.363. The van der Waals surface area contributed by atoms with E-state index in [9.17, 15) is 5.11 Å². The fourth-order valence-corrected chi connectivity index (χ4v) is 3.63. The van der Waals surface area contributed by atoms with E-state index in [0.717, 1.165) is 55.7 Å². The molecule has 0 bridgehead atoms. The topological polar surface area (TPSA) is 51.2 Å². The molecule has 2 fully saturated rings. The Morgan fingerprint density at radius 2 is 1.78 bits per heavy atom. The highest BCUT2D eigenvalue weighted by Gasteiger charge is 2.52. The average Bonchev–Trinajstić information content (AvgIpc) is 2.82. The van der Waals surface area contributed by atoms with Crippen molar-refractivity contribution >= 4 is 12.6 Å². The Hall–Kier alpha value is -1.08. The first kappa shape index (κ1) is 20.7. The van der Waals surface area contributed by atoms with E-state index in [1.807, 2.05) is 12.1 Å². The van der Waals surface area contributed by atoms with E-state index in [1.54, 1.807) is 0 Å². The molecule has 6 heteroatoms. The van der Waals surface area contributed by atoms with Crippen molar-refractivity contribution in [3.05, 3.63) is 23.8 Å². The third-order valence-electron chi connectivity index (χ3n) is 6.27. The quantitative estimate of drug-likeness (QED) is 0.612. The van der Waals surface area contributed by atoms with Crippen molar-refractivity contribution in [2.24, 2.45) is 0 Å². The van der Waals surface area contributed by atoms with E-state index in [1.165, 1.54) is 0 Å². The SMILES string of the molecule is Cc1c(OCCCN2CCC(O)CC2)cccc1B1OC(C)(C)C(C)(C)O1. The van der Waals surface area contributed by atoms with Crippen LogP contribution in [0, 0.1) is 6.92 Å². The molecule has 2 aliphatic heterocycles. The van der Waals surface area contributed by atoms with Crippen LogP contribution in [0.5, 0.6) is 5.75 Å². The molecular formula is C21H34BNO4. The molecule has 1 aromatic rings. The number of aliphatic hydroxyl groups is 1. The molecule has 1 aromatic carbocycles. The van der Waals surface area contributed by atoms with Gasteiger partial charge in [-0.2, -0.15) is 0 Å². The molecule has 27 heavy (non-hydrogen) atoms. The molecule has 0 saturated carbocycles. The summed E-state index contributed by atoms with van der Waals surface area (Å²) in [5.41, 5.74) is 1.43. The minimum atomic E-state index is -0.363. The van der Waals surface area contributed by atoms with E-state index in [-0.39, 0.29) is 24.4 Å². The number of rotatable bonds is 6. The summed E-state index contributed by atoms with van der Waals surface area (Å²) in [4.78, 5) is 2.41. The van der Waals surface area contributed by atoms with Gasteiger partial charge in [0.05, 0.1) is 23.9 Å². The molecule has 150 valence electrons. The lowest BCUT2D eigenvalue weighted by Gasteiger charge is -2.32. The van der Waals surface area contributed by atoms with E-state index >= 15 is 0 Å². The zero-order valence-electron chi connectivity index (χ0n) is 17.5. The third-order valence-corrected chi connectivity index (χ3v) is 6.27. The molecule has 0 atom stereocenters. The molecular weight excluding hydrogens is 341 g/mol. The molecule has 5 nitrogen and oxygen atoms in total. The number of nitrogens with zero attached hydrogens (tertiary/aromatic N) is 1. The van der Waals surface area contributed by atoms with Gasteiger partial charge in [-0.25, -0.2) is 0 Å². The van der Waals surface area contributed by atoms with Crippen LogP contribution in [-0.4, -0.2) is 60.7 Å². The van der Waals surface area contributed by atoms with E-state index in [2.05, 4.69) is 45.6 Å². The van der Waals surface area contributed by atoms with Crippen molar-refractivity contribution in [1.82, 2.24) is 4.90 Å². The van der Waals surface area contributed by atoms with Crippen LogP contribution in [0.15, 0.2) is 18.2 Å². The summed E-state index contributed by atoms with van der Waals surface area (Å²) in [6, 6.07) is 6.08. The monoisotopic (exact) mass is 375 g/mol. The molecule has 2 aliphatic rings. The fourth-order valence-electron chi connectivity index (χ4n) is 3.63. The van der Waals surface area contributed by atoms with Crippen molar-refractivity contribution in [2.45, 2.75) is 71.2 Å². The van der Waals surface area contributed by atoms with Crippen LogP contribution in [0.25, 0.3) is 0 Å². The van der Waals surface area contributed by atoms with Gasteiger partial charge in [0.1, 0.15) is 5.75 Å². The Labute approximate surface area is 164 Å². The van der Waals surface area contributed by atoms with Gasteiger partial charge in [-0.3, -0.25) is 0 Å². The number of ether oxygens (including phenoxy) is 1. The Morgan fingerprint density at radius 3 is 2.41 bits per heavy atom. The van der Waals surface area contributed by atoms with Gasteiger partial charge < -0.3 is 24.1 Å². The van der Waals surface area contributed by atoms with E-state index < -0.39 is 0 Å². The predicted molar refractivity (Wildman–Crippen MR) is 109 cm³/mol. The lowest BCUT2D eigenvalue weighted by molar-refractivity contribution is 0.00578. The van der Waals surface area contributed by atoms with Crippen molar-refractivity contribution in [3.63, 3.8) is 0 Å². The Balaban J connectivity index is 1.54. The maximum absolute atomic E-state index is 9.59. The fraction of sp³-hybridized carbons (Fsp3) is 0.714. The molecule has 0 aliphatic carbocycles. The summed E-state index contributed by atoms with van der Waals surface area (Å²) < 4.78 is 18.5. The number of likely N-dealkylation sites (tertiary alicyclic amines) is 1. The summed E-state index contributed by atoms with van der Waals surface area (Å²) in [6.45, 7) is 14.0. The van der Waals surface area contributed by atoms with Crippen molar-refractivity contribution in [3.8, 4) is 5.75 Å². The smallest absolute Gasteiger partial charge is 0.493 e. The second-order valence-corrected chi connectivity index (χ2v) is 8.83. The lowest BCUT2D eigenvalue weighted by Crippen LogP contribution is -2.41. The van der Waals surface area contributed by atoms with Gasteiger partial charge in [0.2, 0.25) is 0 Å². The second kappa shape index (κ2) is 8.12. The molecule has 0 amide bonds. The molecule has 3 rings (SSSR count). The van der Waals surface area contributed by atoms with Gasteiger partial charge in [-0.05, 0) is 71.0 Å². The molecule has 0 radical (unpaired) electrons. The maximum atomic E-state index is 9.59. The van der Waals surface area contributed by atoms with Crippen LogP contribution in [-0.2, 0) is 9.31 Å². The minimum Gasteiger partial charge on any atom is -0.493 e. The van der Waals surface area contributed by atoms with Gasteiger partial charge in [0.15, 0.2) is 0 Å². The highest BCUT2D eigenvalue weighted by molar-refractivity contribution is 6.62. The first-order valence-electron chi connectivity index (χ1n) is 10.2. The predicted octanol–water partition coefficient (Wildman–Crippen LogP) is 2.52. The molecule has 1 N–H and O–H groups in total. The Morgan fingerprint density at radius 1 is 1.15 bits per heavy atom. The van der Waals surface area contributed by atoms with Crippen LogP contribution in [0.4, 0.5) is 0 Å². The molecule has 0 unspecified atom stereocenters. The number of hydrogen-bond donors (Lipinski definition) is 1. The van der Waals surface area contributed by atoms with Gasteiger partial charge in [0.25, 0.3) is 0 Å². The van der Waals surface area contributed by atoms with Crippen LogP contribution in [0.1, 0.15) is 52.5 Å². The van der Waals surface area contributed by atoms with Gasteiger partial charge in [0, 0.05) is 19.6 Å². The summed E-state index contributed by atoms with van der Waals surface area (Å²) in [5.74, 6) is 0.899. The summed E-state index contributed by atoms with van der Waals surface area (Å²) in [6.07, 6.45) is 2.64. The molecule has 2 saturated heterocycles. The van der Waals surface area contributed by atoms with Crippen molar-refractivity contribution in [1.29, 1.82) is 0 Å². The third kappa shape index (κ3) is 4.68. The molecule has 0 spiro atoms. The van der Waals surface area contributed by atoms with E-state index in [0.29, 0.717) is 6.61 Å². The van der Waals surface area contributed by atoms with Crippen molar-refractivity contribution in [2.75, 3.05) is 26.2 Å². The highest BCUT2D eigenvalue weighted by atomic mass is 16.7. The number of hydrogen-bond acceptors (Lipinski definition) is 5. The molecule has 0 aromatic heterocycles. The second-order valence-electron chi connectivity index (χ2n) is 8.83. The normalized spacial score (nSPS) is 23.0. The van der Waals surface area contributed by atoms with Gasteiger partial charge in [-0.15, -0.1) is 0 Å². The first-order valence-corrected chi connectivity index (χ1v) is 10.2. The standard InChI is InChI=1S/C21H34BNO4/c1-16-18(22-26-20(2,3)21(4,5)27-22)8-6-9-19(16)25-15-7-12-23-13-10-17(24)11-14-23/h6,8-9,17,24H,7,10-15H2,1-5H3. The van der Waals surface area contributed by atoms with Crippen molar-refractivity contribution < 1.29 is 19.2 Å². The zero-order valence-corrected chi connectivity index (χ0v) is 17.5. The van der Waals surface area contributed by atoms with Crippen LogP contribution in [0.2, 0.25) is 0 Å². The van der Waals surface area contributed by atoms with Crippen LogP contribution < -0.4 is 10.2 Å². The van der Waals surface area contributed by atoms with Crippen LogP contribution in [0.3, 0.4) is 0 Å². The number of benzene rings is 1. The Bertz CT molecular complexity index is 625. The summed E-state index contributed by atoms with van der Waals surface area (Å²) >= 11 is 0. The lowest BCUT2D eigenvalue weighted by atomic mass is 9.76. The number of aliphatic hydroxyl groups excluding tert-OH is 1. The zero-order chi connectivity index (χ0) is 19.7. The maximum Gasteiger partial charge on any atom is 0.495 e. The number of piperidine rings is 1. The van der Waals surface area contributed by atoms with Crippen LogP contribution >= 0.6 is 0 Å². The molecule has 2 heterocycles. The summed E-state index contributed by atoms with van der Waals surface area (Å²) in [5, 5.41) is 9.59. The van der Waals surface area contributed by atoms with Gasteiger partial charge in [-0.1, -0.05) is 12.1 Å². The minimum absolute atomic E-state index is 0.113. The van der Waals surface area contributed by atoms with Gasteiger partial charge >= 0.3 is 7.12 Å². The largest absolute Gasteiger partial charge is 0.495 e. The Kier molecular flexibility index (Phi) is 6.21. The highest BCUT2D eigenvalue weighted by Crippen LogP contribution is 2.37. The first-order chi connectivity index (χ1) is 12.7.